The van der Waals surface area contributed by atoms with Crippen molar-refractivity contribution in [3.63, 3.8) is 0 Å². The van der Waals surface area contributed by atoms with Gasteiger partial charge in [0, 0.05) is 4.47 Å². The zero-order valence-electron chi connectivity index (χ0n) is 10.5. The van der Waals surface area contributed by atoms with Gasteiger partial charge in [-0.3, -0.25) is 4.79 Å². The number of ether oxygens (including phenoxy) is 1. The third-order valence-electron chi connectivity index (χ3n) is 2.74. The molecule has 0 aliphatic heterocycles. The lowest BCUT2D eigenvalue weighted by atomic mass is 10.1. The summed E-state index contributed by atoms with van der Waals surface area (Å²) in [7, 11) is 0. The van der Waals surface area contributed by atoms with Gasteiger partial charge in [0.15, 0.2) is 11.6 Å². The number of benzene rings is 2. The van der Waals surface area contributed by atoms with Crippen molar-refractivity contribution in [3.8, 4) is 5.75 Å². The molecule has 0 spiro atoms. The normalized spacial score (nSPS) is 10.3. The number of hydrogen-bond donors (Lipinski definition) is 1. The third-order valence-corrected chi connectivity index (χ3v) is 3.23. The number of halogens is 2. The molecule has 5 heteroatoms. The summed E-state index contributed by atoms with van der Waals surface area (Å²) < 4.78 is 19.7. The van der Waals surface area contributed by atoms with Crippen molar-refractivity contribution in [3.05, 3.63) is 63.9 Å². The number of hydrogen-bond acceptors (Lipinski definition) is 2. The molecule has 0 atom stereocenters. The number of carbonyl (C=O) groups is 1. The topological polar surface area (TPSA) is 46.5 Å². The summed E-state index contributed by atoms with van der Waals surface area (Å²) in [5.41, 5.74) is 1.39. The summed E-state index contributed by atoms with van der Waals surface area (Å²) in [5, 5.41) is 8.85. The predicted octanol–water partition coefficient (Wildman–Crippen LogP) is 3.79. The molecule has 2 rings (SSSR count). The van der Waals surface area contributed by atoms with E-state index in [1.165, 1.54) is 12.1 Å². The van der Waals surface area contributed by atoms with Crippen LogP contribution in [0.15, 0.2) is 46.9 Å². The van der Waals surface area contributed by atoms with E-state index >= 15 is 0 Å². The van der Waals surface area contributed by atoms with E-state index in [1.54, 1.807) is 30.3 Å². The second-order valence-corrected chi connectivity index (χ2v) is 5.12. The zero-order chi connectivity index (χ0) is 14.5. The molecule has 0 unspecified atom stereocenters. The Bertz CT molecular complexity index is 628. The minimum Gasteiger partial charge on any atom is -0.486 e. The highest BCUT2D eigenvalue weighted by Crippen LogP contribution is 2.23. The number of aliphatic carboxylic acids is 1. The Morgan fingerprint density at radius 2 is 1.90 bits per heavy atom. The summed E-state index contributed by atoms with van der Waals surface area (Å²) in [6.45, 7) is 0.122. The van der Waals surface area contributed by atoms with Crippen molar-refractivity contribution in [2.24, 2.45) is 0 Å². The molecule has 0 amide bonds. The number of carboxylic acids is 1. The Morgan fingerprint density at radius 1 is 1.20 bits per heavy atom. The molecule has 2 aromatic rings. The Kier molecular flexibility index (Phi) is 4.74. The highest BCUT2D eigenvalue weighted by Gasteiger charge is 2.09. The van der Waals surface area contributed by atoms with Crippen LogP contribution in [0.2, 0.25) is 0 Å². The molecule has 0 saturated carbocycles. The van der Waals surface area contributed by atoms with Crippen LogP contribution in [0.25, 0.3) is 0 Å². The van der Waals surface area contributed by atoms with Crippen LogP contribution in [0.5, 0.6) is 5.75 Å². The molecule has 0 heterocycles. The van der Waals surface area contributed by atoms with Crippen LogP contribution in [0.1, 0.15) is 11.1 Å². The first kappa shape index (κ1) is 14.5. The maximum absolute atomic E-state index is 13.5. The minimum absolute atomic E-state index is 0.0828. The van der Waals surface area contributed by atoms with Crippen LogP contribution in [0.3, 0.4) is 0 Å². The summed E-state index contributed by atoms with van der Waals surface area (Å²) >= 11 is 3.25. The molecule has 2 aromatic carbocycles. The Morgan fingerprint density at radius 3 is 2.60 bits per heavy atom. The van der Waals surface area contributed by atoms with Gasteiger partial charge in [-0.2, -0.15) is 0 Å². The summed E-state index contributed by atoms with van der Waals surface area (Å²) in [4.78, 5) is 10.8. The van der Waals surface area contributed by atoms with Crippen molar-refractivity contribution >= 4 is 21.9 Å². The predicted molar refractivity (Wildman–Crippen MR) is 76.2 cm³/mol. The van der Waals surface area contributed by atoms with Gasteiger partial charge in [-0.05, 0) is 29.3 Å². The van der Waals surface area contributed by atoms with E-state index in [-0.39, 0.29) is 18.8 Å². The van der Waals surface area contributed by atoms with Crippen molar-refractivity contribution in [2.75, 3.05) is 0 Å². The van der Waals surface area contributed by atoms with Crippen molar-refractivity contribution < 1.29 is 19.0 Å². The van der Waals surface area contributed by atoms with E-state index in [0.717, 1.165) is 5.56 Å². The van der Waals surface area contributed by atoms with Crippen LogP contribution in [-0.4, -0.2) is 11.1 Å². The molecule has 0 aliphatic carbocycles. The molecule has 0 bridgehead atoms. The van der Waals surface area contributed by atoms with Crippen LogP contribution in [0, 0.1) is 5.82 Å². The van der Waals surface area contributed by atoms with E-state index in [1.807, 2.05) is 0 Å². The van der Waals surface area contributed by atoms with Gasteiger partial charge in [0.05, 0.1) is 6.42 Å². The monoisotopic (exact) mass is 338 g/mol. The molecular weight excluding hydrogens is 327 g/mol. The summed E-state index contributed by atoms with van der Waals surface area (Å²) in [5.74, 6) is -1.24. The van der Waals surface area contributed by atoms with Gasteiger partial charge in [0.1, 0.15) is 6.61 Å². The van der Waals surface area contributed by atoms with Gasteiger partial charge < -0.3 is 9.84 Å². The third kappa shape index (κ3) is 3.81. The van der Waals surface area contributed by atoms with Crippen LogP contribution < -0.4 is 4.74 Å². The van der Waals surface area contributed by atoms with Crippen LogP contribution >= 0.6 is 15.9 Å². The summed E-state index contributed by atoms with van der Waals surface area (Å²) in [6, 6.07) is 11.5. The maximum atomic E-state index is 13.5. The lowest BCUT2D eigenvalue weighted by molar-refractivity contribution is -0.136. The second-order valence-electron chi connectivity index (χ2n) is 4.20. The Hall–Kier alpha value is -1.88. The molecule has 0 radical (unpaired) electrons. The molecule has 0 aromatic heterocycles. The van der Waals surface area contributed by atoms with Crippen molar-refractivity contribution in [1.29, 1.82) is 0 Å². The molecule has 0 saturated heterocycles. The zero-order valence-corrected chi connectivity index (χ0v) is 12.1. The summed E-state index contributed by atoms with van der Waals surface area (Å²) in [6.07, 6.45) is -0.0828. The van der Waals surface area contributed by atoms with Crippen LogP contribution in [-0.2, 0) is 17.8 Å². The first-order chi connectivity index (χ1) is 9.56. The van der Waals surface area contributed by atoms with E-state index in [0.29, 0.717) is 10.0 Å². The molecule has 104 valence electrons. The van der Waals surface area contributed by atoms with Crippen LogP contribution in [0.4, 0.5) is 4.39 Å². The largest absolute Gasteiger partial charge is 0.486 e. The Balaban J connectivity index is 2.14. The molecule has 1 N–H and O–H groups in total. The number of carboxylic acid groups (broad SMARTS) is 1. The molecule has 0 fully saturated rings. The highest BCUT2D eigenvalue weighted by atomic mass is 79.9. The first-order valence-corrected chi connectivity index (χ1v) is 6.72. The molecule has 20 heavy (non-hydrogen) atoms. The maximum Gasteiger partial charge on any atom is 0.307 e. The van der Waals surface area contributed by atoms with Gasteiger partial charge in [-0.1, -0.05) is 40.2 Å². The molecule has 0 aliphatic rings. The second kappa shape index (κ2) is 6.52. The average Bonchev–Trinajstić information content (AvgIpc) is 2.41. The molecule has 3 nitrogen and oxygen atoms in total. The fourth-order valence-corrected chi connectivity index (χ4v) is 2.12. The molecular formula is C15H12BrFO3. The van der Waals surface area contributed by atoms with Crippen molar-refractivity contribution in [1.82, 2.24) is 0 Å². The van der Waals surface area contributed by atoms with E-state index in [4.69, 9.17) is 9.84 Å². The van der Waals surface area contributed by atoms with Gasteiger partial charge in [-0.15, -0.1) is 0 Å². The number of rotatable bonds is 5. The first-order valence-electron chi connectivity index (χ1n) is 5.92. The Labute approximate surface area is 124 Å². The van der Waals surface area contributed by atoms with Gasteiger partial charge in [0.25, 0.3) is 0 Å². The SMILES string of the molecule is O=C(O)Cc1ccccc1COc1cc(Br)ccc1F. The van der Waals surface area contributed by atoms with Gasteiger partial charge in [-0.25, -0.2) is 4.39 Å². The van der Waals surface area contributed by atoms with Gasteiger partial charge >= 0.3 is 5.97 Å². The fraction of sp³-hybridized carbons (Fsp3) is 0.133. The standard InChI is InChI=1S/C15H12BrFO3/c16-12-5-6-13(17)14(8-12)20-9-11-4-2-1-3-10(11)7-15(18)19/h1-6,8H,7,9H2,(H,18,19). The lowest BCUT2D eigenvalue weighted by Gasteiger charge is -2.10. The minimum atomic E-state index is -0.911. The van der Waals surface area contributed by atoms with Crippen molar-refractivity contribution in [2.45, 2.75) is 13.0 Å². The fourth-order valence-electron chi connectivity index (χ4n) is 1.78. The average molecular weight is 339 g/mol. The highest BCUT2D eigenvalue weighted by molar-refractivity contribution is 9.10. The quantitative estimate of drug-likeness (QED) is 0.901. The van der Waals surface area contributed by atoms with E-state index in [2.05, 4.69) is 15.9 Å². The lowest BCUT2D eigenvalue weighted by Crippen LogP contribution is -2.06. The van der Waals surface area contributed by atoms with E-state index in [9.17, 15) is 9.18 Å². The van der Waals surface area contributed by atoms with Gasteiger partial charge in [0.2, 0.25) is 0 Å². The van der Waals surface area contributed by atoms with E-state index < -0.39 is 11.8 Å². The smallest absolute Gasteiger partial charge is 0.307 e.